The molecule has 9 atom stereocenters. The minimum absolute atomic E-state index is 0.376. The van der Waals surface area contributed by atoms with E-state index in [-0.39, 0.29) is 6.61 Å². The van der Waals surface area contributed by atoms with E-state index in [2.05, 4.69) is 4.52 Å². The van der Waals surface area contributed by atoms with Gasteiger partial charge in [-0.3, -0.25) is 9.05 Å². The highest BCUT2D eigenvalue weighted by Gasteiger charge is 2.46. The van der Waals surface area contributed by atoms with Crippen LogP contribution in [0, 0.1) is 0 Å². The summed E-state index contributed by atoms with van der Waals surface area (Å²) in [5, 5.41) is 29.6. The molecule has 2 saturated heterocycles. The van der Waals surface area contributed by atoms with Crippen molar-refractivity contribution in [2.75, 3.05) is 13.2 Å². The molecular formula is C12H24O12P2S. The summed E-state index contributed by atoms with van der Waals surface area (Å²) in [6, 6.07) is 0. The maximum absolute atomic E-state index is 10.8. The highest BCUT2D eigenvalue weighted by Crippen LogP contribution is 2.48. The van der Waals surface area contributed by atoms with Crippen LogP contribution in [0.4, 0.5) is 0 Å². The third-order valence-corrected chi connectivity index (χ3v) is 6.28. The van der Waals surface area contributed by atoms with Crippen LogP contribution in [0.1, 0.15) is 13.8 Å². The van der Waals surface area contributed by atoms with Crippen molar-refractivity contribution in [1.29, 1.82) is 0 Å². The molecule has 2 aliphatic rings. The van der Waals surface area contributed by atoms with E-state index in [1.165, 1.54) is 6.92 Å². The molecule has 2 heterocycles. The molecule has 0 radical (unpaired) electrons. The van der Waals surface area contributed by atoms with Gasteiger partial charge in [0, 0.05) is 0 Å². The zero-order valence-corrected chi connectivity index (χ0v) is 17.1. The van der Waals surface area contributed by atoms with Crippen LogP contribution in [0.15, 0.2) is 0 Å². The first-order chi connectivity index (χ1) is 12.3. The Kier molecular flexibility index (Phi) is 7.97. The number of aliphatic hydroxyl groups is 3. The minimum Gasteiger partial charge on any atom is -0.388 e. The monoisotopic (exact) mass is 454 g/mol. The SMILES string of the molecule is C[C@@H]1O[C@H](COP(O)(=S)OC2[C@@H](COP(=O)(O)O)O[C@@H](C)[C@H]2O)C(O)[C@@H]1O. The lowest BCUT2D eigenvalue weighted by Gasteiger charge is -2.26. The van der Waals surface area contributed by atoms with Crippen molar-refractivity contribution in [1.82, 2.24) is 0 Å². The van der Waals surface area contributed by atoms with E-state index in [1.807, 2.05) is 0 Å². The normalized spacial score (nSPS) is 42.4. The van der Waals surface area contributed by atoms with Gasteiger partial charge in [0.1, 0.15) is 36.6 Å². The van der Waals surface area contributed by atoms with Gasteiger partial charge in [0.2, 0.25) is 0 Å². The van der Waals surface area contributed by atoms with E-state index < -0.39 is 70.0 Å². The van der Waals surface area contributed by atoms with Crippen molar-refractivity contribution >= 4 is 26.3 Å². The molecule has 0 bridgehead atoms. The number of rotatable bonds is 8. The fourth-order valence-electron chi connectivity index (χ4n) is 2.78. The lowest BCUT2D eigenvalue weighted by Crippen LogP contribution is -2.37. The summed E-state index contributed by atoms with van der Waals surface area (Å²) in [4.78, 5) is 27.8. The van der Waals surface area contributed by atoms with Crippen LogP contribution in [-0.4, -0.2) is 92.0 Å². The fraction of sp³-hybridized carbons (Fsp3) is 1.00. The first-order valence-electron chi connectivity index (χ1n) is 8.01. The average Bonchev–Trinajstić information content (AvgIpc) is 2.95. The van der Waals surface area contributed by atoms with Gasteiger partial charge in [-0.15, -0.1) is 0 Å². The summed E-state index contributed by atoms with van der Waals surface area (Å²) in [5.74, 6) is 0. The van der Waals surface area contributed by atoms with Gasteiger partial charge >= 0.3 is 14.5 Å². The Bertz CT molecular complexity index is 601. The molecule has 0 aromatic rings. The third kappa shape index (κ3) is 6.46. The molecule has 2 aliphatic heterocycles. The maximum Gasteiger partial charge on any atom is 0.469 e. The molecule has 0 aromatic carbocycles. The lowest BCUT2D eigenvalue weighted by atomic mass is 10.1. The predicted octanol–water partition coefficient (Wildman–Crippen LogP) is -1.63. The van der Waals surface area contributed by atoms with E-state index in [0.29, 0.717) is 0 Å². The second kappa shape index (κ2) is 9.07. The van der Waals surface area contributed by atoms with Crippen molar-refractivity contribution in [2.24, 2.45) is 0 Å². The summed E-state index contributed by atoms with van der Waals surface area (Å²) in [7, 11) is -4.78. The number of hydrogen-bond donors (Lipinski definition) is 6. The van der Waals surface area contributed by atoms with Crippen LogP contribution in [0.3, 0.4) is 0 Å². The number of aliphatic hydroxyl groups excluding tert-OH is 3. The van der Waals surface area contributed by atoms with Crippen LogP contribution < -0.4 is 0 Å². The molecule has 0 amide bonds. The summed E-state index contributed by atoms with van der Waals surface area (Å²) in [6.45, 7) is -1.90. The molecule has 0 spiro atoms. The van der Waals surface area contributed by atoms with Gasteiger partial charge in [0.05, 0.1) is 25.4 Å². The van der Waals surface area contributed by atoms with Gasteiger partial charge in [0.15, 0.2) is 0 Å². The molecule has 2 fully saturated rings. The van der Waals surface area contributed by atoms with E-state index in [0.717, 1.165) is 0 Å². The Labute approximate surface area is 160 Å². The van der Waals surface area contributed by atoms with E-state index in [9.17, 15) is 24.8 Å². The summed E-state index contributed by atoms with van der Waals surface area (Å²) >= 11 is 4.88. The highest BCUT2D eigenvalue weighted by molar-refractivity contribution is 8.07. The molecule has 27 heavy (non-hydrogen) atoms. The standard InChI is InChI=1S/C12H24O12P2S/c1-5-9(13)11(15)7(22-5)3-21-26(19,27)24-12-8(4-20-25(16,17)18)23-6(2)10(12)14/h5-15H,3-4H2,1-2H3,(H,19,27)(H2,16,17,18)/t5-,6-,7+,8+,9+,10+,11?,12?,26?/m0/s1. The quantitative estimate of drug-likeness (QED) is 0.230. The van der Waals surface area contributed by atoms with Crippen molar-refractivity contribution in [3.05, 3.63) is 0 Å². The zero-order chi connectivity index (χ0) is 20.6. The molecule has 12 nitrogen and oxygen atoms in total. The van der Waals surface area contributed by atoms with E-state index >= 15 is 0 Å². The first kappa shape index (κ1) is 23.7. The van der Waals surface area contributed by atoms with Gasteiger partial charge in [-0.25, -0.2) is 4.57 Å². The fourth-order valence-corrected chi connectivity index (χ4v) is 4.57. The van der Waals surface area contributed by atoms with Crippen LogP contribution >= 0.6 is 14.5 Å². The third-order valence-electron chi connectivity index (χ3n) is 4.24. The largest absolute Gasteiger partial charge is 0.469 e. The minimum atomic E-state index is -4.78. The molecule has 0 aromatic heterocycles. The number of phosphoric acid groups is 1. The Morgan fingerprint density at radius 2 is 1.41 bits per heavy atom. The smallest absolute Gasteiger partial charge is 0.388 e. The molecule has 6 N–H and O–H groups in total. The molecule has 0 aliphatic carbocycles. The van der Waals surface area contributed by atoms with Gasteiger partial charge < -0.3 is 44.0 Å². The first-order valence-corrected chi connectivity index (χ1v) is 12.1. The molecule has 3 unspecified atom stereocenters. The summed E-state index contributed by atoms with van der Waals surface area (Å²) in [5.41, 5.74) is 0. The van der Waals surface area contributed by atoms with Crippen LogP contribution in [0.5, 0.6) is 0 Å². The van der Waals surface area contributed by atoms with Gasteiger partial charge in [0.25, 0.3) is 0 Å². The molecule has 15 heteroatoms. The predicted molar refractivity (Wildman–Crippen MR) is 92.0 cm³/mol. The number of ether oxygens (including phenoxy) is 2. The Morgan fingerprint density at radius 3 is 1.93 bits per heavy atom. The molecule has 2 rings (SSSR count). The second-order valence-electron chi connectivity index (χ2n) is 6.35. The topological polar surface area (TPSA) is 185 Å². The van der Waals surface area contributed by atoms with Crippen molar-refractivity contribution in [2.45, 2.75) is 62.7 Å². The maximum atomic E-state index is 10.8. The molecule has 160 valence electrons. The highest BCUT2D eigenvalue weighted by atomic mass is 32.5. The van der Waals surface area contributed by atoms with E-state index in [1.54, 1.807) is 6.92 Å². The molecular weight excluding hydrogens is 430 g/mol. The Hall–Kier alpha value is 0.440. The summed E-state index contributed by atoms with van der Waals surface area (Å²) in [6.07, 6.45) is -8.33. The summed E-state index contributed by atoms with van der Waals surface area (Å²) < 4.78 is 36.2. The molecule has 0 saturated carbocycles. The zero-order valence-electron chi connectivity index (χ0n) is 14.5. The Balaban J connectivity index is 1.95. The van der Waals surface area contributed by atoms with Crippen LogP contribution in [0.2, 0.25) is 0 Å². The average molecular weight is 454 g/mol. The lowest BCUT2D eigenvalue weighted by molar-refractivity contribution is -0.0292. The van der Waals surface area contributed by atoms with E-state index in [4.69, 9.17) is 40.1 Å². The van der Waals surface area contributed by atoms with Crippen LogP contribution in [-0.2, 0) is 39.4 Å². The second-order valence-corrected chi connectivity index (χ2v) is 10.4. The number of phosphoric ester groups is 1. The van der Waals surface area contributed by atoms with Crippen molar-refractivity contribution in [3.63, 3.8) is 0 Å². The van der Waals surface area contributed by atoms with Crippen molar-refractivity contribution in [3.8, 4) is 0 Å². The Morgan fingerprint density at radius 1 is 0.889 bits per heavy atom. The van der Waals surface area contributed by atoms with Gasteiger partial charge in [-0.1, -0.05) is 0 Å². The van der Waals surface area contributed by atoms with Gasteiger partial charge in [-0.2, -0.15) is 0 Å². The van der Waals surface area contributed by atoms with Gasteiger partial charge in [-0.05, 0) is 25.7 Å². The van der Waals surface area contributed by atoms with Crippen molar-refractivity contribution < 1.29 is 57.6 Å². The van der Waals surface area contributed by atoms with Crippen LogP contribution in [0.25, 0.3) is 0 Å². The number of hydrogen-bond acceptors (Lipinski definition) is 10.